The van der Waals surface area contributed by atoms with Crippen molar-refractivity contribution in [3.63, 3.8) is 0 Å². The molecule has 1 aromatic rings. The molecule has 1 fully saturated rings. The predicted octanol–water partition coefficient (Wildman–Crippen LogP) is 3.16. The zero-order valence-electron chi connectivity index (χ0n) is 16.8. The molecule has 156 valence electrons. The molecular formula is C20H29Cl2N3O3. The van der Waals surface area contributed by atoms with Gasteiger partial charge < -0.3 is 14.5 Å². The van der Waals surface area contributed by atoms with Gasteiger partial charge >= 0.3 is 0 Å². The summed E-state index contributed by atoms with van der Waals surface area (Å²) in [6.45, 7) is 10.2. The number of likely N-dealkylation sites (N-methyl/N-ethyl adjacent to an activating group) is 1. The second kappa shape index (κ2) is 10.9. The number of ether oxygens (including phenoxy) is 1. The van der Waals surface area contributed by atoms with Gasteiger partial charge in [0.05, 0.1) is 11.6 Å². The summed E-state index contributed by atoms with van der Waals surface area (Å²) in [5.41, 5.74) is 0. The van der Waals surface area contributed by atoms with Crippen molar-refractivity contribution in [2.24, 2.45) is 0 Å². The number of nitrogens with zero attached hydrogens (tertiary/aromatic N) is 3. The van der Waals surface area contributed by atoms with Gasteiger partial charge in [-0.25, -0.2) is 0 Å². The Hall–Kier alpha value is -1.50. The van der Waals surface area contributed by atoms with Gasteiger partial charge in [0.15, 0.2) is 6.10 Å². The average Bonchev–Trinajstić information content (AvgIpc) is 2.90. The quantitative estimate of drug-likeness (QED) is 0.667. The van der Waals surface area contributed by atoms with Gasteiger partial charge in [0, 0.05) is 44.3 Å². The number of rotatable bonds is 7. The molecular weight excluding hydrogens is 401 g/mol. The van der Waals surface area contributed by atoms with E-state index in [1.807, 2.05) is 18.7 Å². The third kappa shape index (κ3) is 6.26. The minimum Gasteiger partial charge on any atom is -0.479 e. The fraction of sp³-hybridized carbons (Fsp3) is 0.600. The van der Waals surface area contributed by atoms with Gasteiger partial charge in [-0.15, -0.1) is 0 Å². The minimum atomic E-state index is -0.650. The van der Waals surface area contributed by atoms with Crippen LogP contribution < -0.4 is 4.74 Å². The molecule has 1 saturated heterocycles. The van der Waals surface area contributed by atoms with Gasteiger partial charge in [-0.2, -0.15) is 0 Å². The normalized spacial score (nSPS) is 16.4. The topological polar surface area (TPSA) is 53.1 Å². The second-order valence-electron chi connectivity index (χ2n) is 6.86. The number of carbonyl (C=O) groups excluding carboxylic acids is 2. The highest BCUT2D eigenvalue weighted by atomic mass is 35.5. The predicted molar refractivity (Wildman–Crippen MR) is 112 cm³/mol. The SMILES string of the molecule is CCN(CC)C(=O)CN1CCCN(C(=O)[C@H](C)Oc2ccc(Cl)cc2Cl)CC1. The van der Waals surface area contributed by atoms with Crippen LogP contribution in [0.2, 0.25) is 10.0 Å². The maximum absolute atomic E-state index is 12.8. The van der Waals surface area contributed by atoms with Crippen LogP contribution in [0.15, 0.2) is 18.2 Å². The van der Waals surface area contributed by atoms with Gasteiger partial charge in [-0.3, -0.25) is 14.5 Å². The fourth-order valence-corrected chi connectivity index (χ4v) is 3.74. The van der Waals surface area contributed by atoms with Gasteiger partial charge in [0.2, 0.25) is 5.91 Å². The standard InChI is InChI=1S/C20H29Cl2N3O3/c1-4-24(5-2)19(26)14-23-9-6-10-25(12-11-23)20(27)15(3)28-18-8-7-16(21)13-17(18)22/h7-8,13,15H,4-6,9-12,14H2,1-3H3/t15-/m0/s1. The van der Waals surface area contributed by atoms with E-state index in [2.05, 4.69) is 4.90 Å². The highest BCUT2D eigenvalue weighted by Gasteiger charge is 2.26. The fourth-order valence-electron chi connectivity index (χ4n) is 3.29. The van der Waals surface area contributed by atoms with Crippen LogP contribution in [0, 0.1) is 0 Å². The van der Waals surface area contributed by atoms with Crippen LogP contribution in [0.5, 0.6) is 5.75 Å². The maximum Gasteiger partial charge on any atom is 0.263 e. The molecule has 2 rings (SSSR count). The molecule has 1 aliphatic rings. The van der Waals surface area contributed by atoms with Crippen molar-refractivity contribution >= 4 is 35.0 Å². The molecule has 0 aromatic heterocycles. The molecule has 1 aromatic carbocycles. The molecule has 0 radical (unpaired) electrons. The Kier molecular flexibility index (Phi) is 8.86. The Labute approximate surface area is 177 Å². The van der Waals surface area contributed by atoms with Crippen molar-refractivity contribution in [2.45, 2.75) is 33.3 Å². The summed E-state index contributed by atoms with van der Waals surface area (Å²) in [7, 11) is 0. The highest BCUT2D eigenvalue weighted by Crippen LogP contribution is 2.28. The van der Waals surface area contributed by atoms with E-state index in [0.29, 0.717) is 42.0 Å². The largest absolute Gasteiger partial charge is 0.479 e. The zero-order chi connectivity index (χ0) is 20.7. The Bertz CT molecular complexity index is 683. The summed E-state index contributed by atoms with van der Waals surface area (Å²) >= 11 is 12.0. The lowest BCUT2D eigenvalue weighted by atomic mass is 10.3. The Morgan fingerprint density at radius 3 is 2.50 bits per heavy atom. The molecule has 0 unspecified atom stereocenters. The van der Waals surface area contributed by atoms with E-state index in [1.165, 1.54) is 0 Å². The van der Waals surface area contributed by atoms with Crippen molar-refractivity contribution in [3.8, 4) is 5.75 Å². The molecule has 2 amide bonds. The number of hydrogen-bond donors (Lipinski definition) is 0. The van der Waals surface area contributed by atoms with Crippen molar-refractivity contribution in [3.05, 3.63) is 28.2 Å². The first kappa shape index (κ1) is 22.8. The molecule has 0 spiro atoms. The highest BCUT2D eigenvalue weighted by molar-refractivity contribution is 6.35. The van der Waals surface area contributed by atoms with Crippen LogP contribution in [0.25, 0.3) is 0 Å². The van der Waals surface area contributed by atoms with Crippen LogP contribution in [-0.2, 0) is 9.59 Å². The lowest BCUT2D eigenvalue weighted by molar-refractivity contribution is -0.137. The van der Waals surface area contributed by atoms with Crippen molar-refractivity contribution in [1.29, 1.82) is 0 Å². The summed E-state index contributed by atoms with van der Waals surface area (Å²) in [4.78, 5) is 30.9. The number of hydrogen-bond acceptors (Lipinski definition) is 4. The van der Waals surface area contributed by atoms with E-state index in [-0.39, 0.29) is 11.8 Å². The van der Waals surface area contributed by atoms with E-state index < -0.39 is 6.10 Å². The van der Waals surface area contributed by atoms with E-state index in [0.717, 1.165) is 26.1 Å². The Morgan fingerprint density at radius 1 is 1.14 bits per heavy atom. The molecule has 0 bridgehead atoms. The lowest BCUT2D eigenvalue weighted by Gasteiger charge is -2.26. The number of halogens is 2. The summed E-state index contributed by atoms with van der Waals surface area (Å²) in [5.74, 6) is 0.495. The zero-order valence-corrected chi connectivity index (χ0v) is 18.3. The van der Waals surface area contributed by atoms with Gasteiger partial charge in [0.25, 0.3) is 5.91 Å². The monoisotopic (exact) mass is 429 g/mol. The molecule has 1 atom stereocenters. The van der Waals surface area contributed by atoms with Crippen LogP contribution in [0.4, 0.5) is 0 Å². The van der Waals surface area contributed by atoms with E-state index >= 15 is 0 Å². The first-order chi connectivity index (χ1) is 13.3. The average molecular weight is 430 g/mol. The third-order valence-corrected chi connectivity index (χ3v) is 5.45. The molecule has 0 N–H and O–H groups in total. The molecule has 0 aliphatic carbocycles. The summed E-state index contributed by atoms with van der Waals surface area (Å²) in [6, 6.07) is 4.93. The first-order valence-electron chi connectivity index (χ1n) is 9.76. The lowest BCUT2D eigenvalue weighted by Crippen LogP contribution is -2.44. The molecule has 1 heterocycles. The van der Waals surface area contributed by atoms with E-state index in [4.69, 9.17) is 27.9 Å². The van der Waals surface area contributed by atoms with Crippen LogP contribution in [0.3, 0.4) is 0 Å². The summed E-state index contributed by atoms with van der Waals surface area (Å²) in [5, 5.41) is 0.896. The smallest absolute Gasteiger partial charge is 0.263 e. The first-order valence-corrected chi connectivity index (χ1v) is 10.5. The summed E-state index contributed by atoms with van der Waals surface area (Å²) in [6.07, 6.45) is 0.175. The van der Waals surface area contributed by atoms with Crippen molar-refractivity contribution in [2.75, 3.05) is 45.8 Å². The minimum absolute atomic E-state index is 0.0806. The number of carbonyl (C=O) groups is 2. The van der Waals surface area contributed by atoms with Crippen molar-refractivity contribution < 1.29 is 14.3 Å². The third-order valence-electron chi connectivity index (χ3n) is 4.92. The maximum atomic E-state index is 12.8. The van der Waals surface area contributed by atoms with Gasteiger partial charge in [-0.05, 0) is 45.4 Å². The van der Waals surface area contributed by atoms with E-state index in [9.17, 15) is 9.59 Å². The molecule has 0 saturated carbocycles. The van der Waals surface area contributed by atoms with Gasteiger partial charge in [-0.1, -0.05) is 23.2 Å². The molecule has 8 heteroatoms. The second-order valence-corrected chi connectivity index (χ2v) is 7.70. The molecule has 6 nitrogen and oxygen atoms in total. The Morgan fingerprint density at radius 2 is 1.86 bits per heavy atom. The number of amides is 2. The Balaban J connectivity index is 1.90. The van der Waals surface area contributed by atoms with Crippen molar-refractivity contribution in [1.82, 2.24) is 14.7 Å². The molecule has 1 aliphatic heterocycles. The number of benzene rings is 1. The van der Waals surface area contributed by atoms with Gasteiger partial charge in [0.1, 0.15) is 5.75 Å². The van der Waals surface area contributed by atoms with Crippen LogP contribution in [-0.4, -0.2) is 78.4 Å². The summed E-state index contributed by atoms with van der Waals surface area (Å²) < 4.78 is 5.75. The van der Waals surface area contributed by atoms with E-state index in [1.54, 1.807) is 30.0 Å². The van der Waals surface area contributed by atoms with Crippen LogP contribution in [0.1, 0.15) is 27.2 Å². The molecule has 28 heavy (non-hydrogen) atoms. The van der Waals surface area contributed by atoms with Crippen LogP contribution >= 0.6 is 23.2 Å².